The molecule has 2 unspecified atom stereocenters. The Morgan fingerprint density at radius 3 is 3.00 bits per heavy atom. The molecule has 1 heterocycles. The minimum absolute atomic E-state index is 0.584. The molecular weight excluding hydrogens is 200 g/mol. The molecule has 0 amide bonds. The van der Waals surface area contributed by atoms with E-state index in [1.807, 2.05) is 6.20 Å². The molecule has 4 nitrogen and oxygen atoms in total. The van der Waals surface area contributed by atoms with Crippen molar-refractivity contribution in [1.29, 1.82) is 0 Å². The average Bonchev–Trinajstić information content (AvgIpc) is 2.77. The molecule has 1 saturated carbocycles. The Kier molecular flexibility index (Phi) is 3.93. The van der Waals surface area contributed by atoms with E-state index in [1.165, 1.54) is 31.4 Å². The van der Waals surface area contributed by atoms with E-state index in [9.17, 15) is 0 Å². The van der Waals surface area contributed by atoms with Crippen molar-refractivity contribution in [2.45, 2.75) is 51.5 Å². The van der Waals surface area contributed by atoms with Gasteiger partial charge >= 0.3 is 0 Å². The van der Waals surface area contributed by atoms with Gasteiger partial charge < -0.3 is 5.73 Å². The lowest BCUT2D eigenvalue weighted by molar-refractivity contribution is 0.299. The molecule has 4 heteroatoms. The minimum atomic E-state index is 0.584. The first kappa shape index (κ1) is 11.6. The zero-order valence-electron chi connectivity index (χ0n) is 10.1. The van der Waals surface area contributed by atoms with Crippen LogP contribution in [-0.4, -0.2) is 21.5 Å². The smallest absolute Gasteiger partial charge is 0.0728 e. The zero-order valence-corrected chi connectivity index (χ0v) is 10.1. The second-order valence-corrected chi connectivity index (χ2v) is 4.77. The van der Waals surface area contributed by atoms with Crippen LogP contribution in [0.15, 0.2) is 6.20 Å². The Morgan fingerprint density at radius 1 is 1.44 bits per heavy atom. The fourth-order valence-electron chi connectivity index (χ4n) is 2.82. The summed E-state index contributed by atoms with van der Waals surface area (Å²) in [6, 6.07) is 0. The van der Waals surface area contributed by atoms with Gasteiger partial charge in [-0.3, -0.25) is 0 Å². The lowest BCUT2D eigenvalue weighted by Crippen LogP contribution is -2.27. The number of nitrogens with two attached hydrogens (primary N) is 1. The molecule has 0 bridgehead atoms. The van der Waals surface area contributed by atoms with Gasteiger partial charge in [0, 0.05) is 12.5 Å². The second-order valence-electron chi connectivity index (χ2n) is 4.77. The van der Waals surface area contributed by atoms with Gasteiger partial charge in [0.25, 0.3) is 0 Å². The molecule has 16 heavy (non-hydrogen) atoms. The number of rotatable bonds is 4. The molecule has 2 atom stereocenters. The molecule has 0 radical (unpaired) electrons. The summed E-state index contributed by atoms with van der Waals surface area (Å²) in [5.74, 6) is 1.21. The maximum atomic E-state index is 5.87. The van der Waals surface area contributed by atoms with E-state index >= 15 is 0 Å². The summed E-state index contributed by atoms with van der Waals surface area (Å²) >= 11 is 0. The Morgan fingerprint density at radius 2 is 2.25 bits per heavy atom. The number of hydrogen-bond acceptors (Lipinski definition) is 3. The summed E-state index contributed by atoms with van der Waals surface area (Å²) in [7, 11) is 0. The lowest BCUT2D eigenvalue weighted by Gasteiger charge is -2.30. The summed E-state index contributed by atoms with van der Waals surface area (Å²) in [5, 5.41) is 8.23. The minimum Gasteiger partial charge on any atom is -0.330 e. The van der Waals surface area contributed by atoms with Gasteiger partial charge in [0.1, 0.15) is 0 Å². The first-order chi connectivity index (χ1) is 7.86. The SMILES string of the molecule is CCCn1nncc1C1CCCCC1CN. The highest BCUT2D eigenvalue weighted by atomic mass is 15.4. The monoisotopic (exact) mass is 222 g/mol. The molecule has 0 saturated heterocycles. The van der Waals surface area contributed by atoms with Gasteiger partial charge in [0.15, 0.2) is 0 Å². The van der Waals surface area contributed by atoms with Crippen LogP contribution in [0.4, 0.5) is 0 Å². The van der Waals surface area contributed by atoms with Crippen molar-refractivity contribution < 1.29 is 0 Å². The highest BCUT2D eigenvalue weighted by molar-refractivity contribution is 5.07. The van der Waals surface area contributed by atoms with Crippen LogP contribution in [0.1, 0.15) is 50.6 Å². The van der Waals surface area contributed by atoms with Crippen LogP contribution in [0.3, 0.4) is 0 Å². The summed E-state index contributed by atoms with van der Waals surface area (Å²) < 4.78 is 2.07. The number of hydrogen-bond donors (Lipinski definition) is 1. The Hall–Kier alpha value is -0.900. The predicted octanol–water partition coefficient (Wildman–Crippen LogP) is 1.92. The van der Waals surface area contributed by atoms with Crippen molar-refractivity contribution in [2.75, 3.05) is 6.54 Å². The fraction of sp³-hybridized carbons (Fsp3) is 0.833. The van der Waals surface area contributed by atoms with Crippen molar-refractivity contribution >= 4 is 0 Å². The van der Waals surface area contributed by atoms with E-state index in [0.717, 1.165) is 19.5 Å². The summed E-state index contributed by atoms with van der Waals surface area (Å²) in [6.45, 7) is 3.94. The molecule has 1 aliphatic carbocycles. The highest BCUT2D eigenvalue weighted by Gasteiger charge is 2.28. The maximum absolute atomic E-state index is 5.87. The molecule has 1 fully saturated rings. The standard InChI is InChI=1S/C12H22N4/c1-2-7-16-12(9-14-15-16)11-6-4-3-5-10(11)8-13/h9-11H,2-8,13H2,1H3. The van der Waals surface area contributed by atoms with Gasteiger partial charge in [-0.25, -0.2) is 4.68 Å². The molecule has 1 aromatic rings. The first-order valence-corrected chi connectivity index (χ1v) is 6.45. The third kappa shape index (κ3) is 2.26. The van der Waals surface area contributed by atoms with E-state index < -0.39 is 0 Å². The van der Waals surface area contributed by atoms with Crippen LogP contribution in [0.5, 0.6) is 0 Å². The van der Waals surface area contributed by atoms with E-state index in [1.54, 1.807) is 0 Å². The third-order valence-corrected chi connectivity index (χ3v) is 3.67. The Bertz CT molecular complexity index is 321. The van der Waals surface area contributed by atoms with Crippen molar-refractivity contribution in [3.05, 3.63) is 11.9 Å². The quantitative estimate of drug-likeness (QED) is 0.846. The van der Waals surface area contributed by atoms with Gasteiger partial charge in [-0.15, -0.1) is 5.10 Å². The summed E-state index contributed by atoms with van der Waals surface area (Å²) in [4.78, 5) is 0. The topological polar surface area (TPSA) is 56.7 Å². The van der Waals surface area contributed by atoms with Crippen LogP contribution in [0.2, 0.25) is 0 Å². The van der Waals surface area contributed by atoms with Crippen LogP contribution >= 0.6 is 0 Å². The number of aryl methyl sites for hydroxylation is 1. The third-order valence-electron chi connectivity index (χ3n) is 3.67. The van der Waals surface area contributed by atoms with Crippen LogP contribution in [0.25, 0.3) is 0 Å². The van der Waals surface area contributed by atoms with Gasteiger partial charge in [0.05, 0.1) is 11.9 Å². The Balaban J connectivity index is 2.16. The number of aromatic nitrogens is 3. The average molecular weight is 222 g/mol. The van der Waals surface area contributed by atoms with E-state index in [0.29, 0.717) is 11.8 Å². The van der Waals surface area contributed by atoms with Crippen molar-refractivity contribution in [3.63, 3.8) is 0 Å². The second kappa shape index (κ2) is 5.43. The molecule has 2 rings (SSSR count). The van der Waals surface area contributed by atoms with Gasteiger partial charge in [0.2, 0.25) is 0 Å². The van der Waals surface area contributed by atoms with Crippen molar-refractivity contribution in [1.82, 2.24) is 15.0 Å². The predicted molar refractivity (Wildman–Crippen MR) is 64.1 cm³/mol. The van der Waals surface area contributed by atoms with Crippen LogP contribution in [0, 0.1) is 5.92 Å². The zero-order chi connectivity index (χ0) is 11.4. The first-order valence-electron chi connectivity index (χ1n) is 6.45. The van der Waals surface area contributed by atoms with Crippen LogP contribution in [-0.2, 0) is 6.54 Å². The fourth-order valence-corrected chi connectivity index (χ4v) is 2.82. The summed E-state index contributed by atoms with van der Waals surface area (Å²) in [5.41, 5.74) is 7.18. The normalized spacial score (nSPS) is 25.9. The highest BCUT2D eigenvalue weighted by Crippen LogP contribution is 2.36. The lowest BCUT2D eigenvalue weighted by atomic mass is 9.77. The largest absolute Gasteiger partial charge is 0.330 e. The maximum Gasteiger partial charge on any atom is 0.0728 e. The molecule has 0 spiro atoms. The van der Waals surface area contributed by atoms with Crippen molar-refractivity contribution in [3.8, 4) is 0 Å². The molecule has 0 aliphatic heterocycles. The van der Waals surface area contributed by atoms with E-state index in [2.05, 4.69) is 21.9 Å². The van der Waals surface area contributed by atoms with E-state index in [4.69, 9.17) is 5.73 Å². The molecule has 1 aromatic heterocycles. The van der Waals surface area contributed by atoms with Gasteiger partial charge in [-0.05, 0) is 31.7 Å². The molecule has 1 aliphatic rings. The molecule has 90 valence electrons. The van der Waals surface area contributed by atoms with E-state index in [-0.39, 0.29) is 0 Å². The molecular formula is C12H22N4. The van der Waals surface area contributed by atoms with Crippen molar-refractivity contribution in [2.24, 2.45) is 11.7 Å². The molecule has 0 aromatic carbocycles. The van der Waals surface area contributed by atoms with Gasteiger partial charge in [-0.1, -0.05) is 25.0 Å². The summed E-state index contributed by atoms with van der Waals surface area (Å²) in [6.07, 6.45) is 8.20. The Labute approximate surface area is 97.2 Å². The van der Waals surface area contributed by atoms with Gasteiger partial charge in [-0.2, -0.15) is 0 Å². The molecule has 2 N–H and O–H groups in total. The van der Waals surface area contributed by atoms with Crippen LogP contribution < -0.4 is 5.73 Å². The number of nitrogens with zero attached hydrogens (tertiary/aromatic N) is 3.